The third-order valence-electron chi connectivity index (χ3n) is 8.82. The largest absolute Gasteiger partial charge is 0.311 e. The Morgan fingerprint density at radius 1 is 1.00 bits per heavy atom. The molecule has 1 N–H and O–H groups in total. The summed E-state index contributed by atoms with van der Waals surface area (Å²) in [6, 6.07) is 1.61. The minimum Gasteiger partial charge on any atom is -0.311 e. The van der Waals surface area contributed by atoms with Crippen molar-refractivity contribution in [2.24, 2.45) is 28.6 Å². The van der Waals surface area contributed by atoms with Crippen molar-refractivity contribution >= 4 is 5.78 Å². The number of allylic oxidation sites excluding steroid dienone is 1. The molecule has 132 valence electrons. The lowest BCUT2D eigenvalue weighted by Gasteiger charge is -2.58. The van der Waals surface area contributed by atoms with Crippen molar-refractivity contribution in [1.29, 1.82) is 0 Å². The third kappa shape index (κ3) is 2.21. The van der Waals surface area contributed by atoms with E-state index in [4.69, 9.17) is 0 Å². The van der Waals surface area contributed by atoms with Crippen LogP contribution in [-0.2, 0) is 4.79 Å². The fraction of sp³-hybridized carbons (Fsp3) is 0.864. The quantitative estimate of drug-likeness (QED) is 0.800. The van der Waals surface area contributed by atoms with Gasteiger partial charge in [0.25, 0.3) is 0 Å². The van der Waals surface area contributed by atoms with Gasteiger partial charge in [0.2, 0.25) is 0 Å². The maximum Gasteiger partial charge on any atom is 0.155 e. The van der Waals surface area contributed by atoms with Crippen molar-refractivity contribution in [3.8, 4) is 0 Å². The Balaban J connectivity index is 1.47. The summed E-state index contributed by atoms with van der Waals surface area (Å²) in [6.45, 7) is 5.10. The summed E-state index contributed by atoms with van der Waals surface area (Å²) in [5, 5.41) is 4.03. The monoisotopic (exact) mass is 327 g/mol. The van der Waals surface area contributed by atoms with Gasteiger partial charge in [-0.05, 0) is 92.4 Å². The van der Waals surface area contributed by atoms with Crippen LogP contribution in [-0.4, -0.2) is 17.9 Å². The van der Waals surface area contributed by atoms with Crippen molar-refractivity contribution in [2.75, 3.05) is 0 Å². The minimum atomic E-state index is 0.324. The molecule has 6 atom stereocenters. The molecule has 0 aromatic heterocycles. The topological polar surface area (TPSA) is 29.1 Å². The highest BCUT2D eigenvalue weighted by Crippen LogP contribution is 2.65. The van der Waals surface area contributed by atoms with Gasteiger partial charge in [-0.2, -0.15) is 0 Å². The van der Waals surface area contributed by atoms with Crippen molar-refractivity contribution < 1.29 is 4.79 Å². The molecule has 24 heavy (non-hydrogen) atoms. The molecule has 0 amide bonds. The van der Waals surface area contributed by atoms with E-state index < -0.39 is 0 Å². The Hall–Kier alpha value is -0.630. The fourth-order valence-electron chi connectivity index (χ4n) is 7.36. The molecule has 0 bridgehead atoms. The van der Waals surface area contributed by atoms with E-state index in [0.717, 1.165) is 42.7 Å². The standard InChI is InChI=1S/C22H33NO/c1-21-10-8-18-17(20(21)19(9-11-21)23-15-4-5-15)6-3-14-13-16(24)7-12-22(14,18)2/h13,15,17-20,23H,3-12H2,1-2H3/t17-,18+,19?,20-,21-,22+/m1/s1. The molecule has 0 aliphatic heterocycles. The zero-order valence-electron chi connectivity index (χ0n) is 15.4. The SMILES string of the molecule is C[C@@]12CCC(NC3CC3)[C@H]1[C@@H]1CCC3=CC(=O)CC[C@]3(C)[C@H]1CC2. The summed E-state index contributed by atoms with van der Waals surface area (Å²) in [7, 11) is 0. The summed E-state index contributed by atoms with van der Waals surface area (Å²) < 4.78 is 0. The lowest BCUT2D eigenvalue weighted by atomic mass is 9.47. The highest BCUT2D eigenvalue weighted by atomic mass is 16.1. The van der Waals surface area contributed by atoms with Crippen LogP contribution < -0.4 is 5.32 Å². The first-order chi connectivity index (χ1) is 11.5. The number of hydrogen-bond donors (Lipinski definition) is 1. The van der Waals surface area contributed by atoms with Crippen molar-refractivity contribution in [3.63, 3.8) is 0 Å². The van der Waals surface area contributed by atoms with Crippen LogP contribution in [0.25, 0.3) is 0 Å². The Kier molecular flexibility index (Phi) is 3.38. The van der Waals surface area contributed by atoms with Crippen LogP contribution in [0.1, 0.15) is 78.1 Å². The van der Waals surface area contributed by atoms with E-state index in [-0.39, 0.29) is 0 Å². The van der Waals surface area contributed by atoms with E-state index in [2.05, 4.69) is 19.2 Å². The molecule has 5 aliphatic carbocycles. The van der Waals surface area contributed by atoms with E-state index in [1.54, 1.807) is 0 Å². The van der Waals surface area contributed by atoms with Gasteiger partial charge in [0, 0.05) is 18.5 Å². The summed E-state index contributed by atoms with van der Waals surface area (Å²) in [4.78, 5) is 11.9. The molecule has 0 saturated heterocycles. The number of carbonyl (C=O) groups is 1. The van der Waals surface area contributed by atoms with Crippen LogP contribution in [0.3, 0.4) is 0 Å². The van der Waals surface area contributed by atoms with E-state index in [1.165, 1.54) is 56.9 Å². The molecule has 0 aromatic rings. The van der Waals surface area contributed by atoms with Gasteiger partial charge in [-0.25, -0.2) is 0 Å². The smallest absolute Gasteiger partial charge is 0.155 e. The van der Waals surface area contributed by atoms with Gasteiger partial charge in [0.05, 0.1) is 0 Å². The van der Waals surface area contributed by atoms with Gasteiger partial charge >= 0.3 is 0 Å². The van der Waals surface area contributed by atoms with Crippen LogP contribution in [0, 0.1) is 28.6 Å². The Labute approximate surface area is 146 Å². The molecular formula is C22H33NO. The average molecular weight is 328 g/mol. The molecule has 4 saturated carbocycles. The predicted octanol–water partition coefficient (Wildman–Crippen LogP) is 4.64. The van der Waals surface area contributed by atoms with Crippen LogP contribution in [0.5, 0.6) is 0 Å². The zero-order valence-corrected chi connectivity index (χ0v) is 15.4. The molecule has 0 aromatic carbocycles. The molecule has 2 nitrogen and oxygen atoms in total. The van der Waals surface area contributed by atoms with Gasteiger partial charge in [-0.3, -0.25) is 4.79 Å². The summed E-state index contributed by atoms with van der Waals surface area (Å²) >= 11 is 0. The maximum absolute atomic E-state index is 11.9. The highest BCUT2D eigenvalue weighted by molar-refractivity contribution is 5.91. The van der Waals surface area contributed by atoms with Crippen LogP contribution >= 0.6 is 0 Å². The second kappa shape index (κ2) is 5.19. The number of carbonyl (C=O) groups excluding carboxylic acids is 1. The molecule has 0 spiro atoms. The number of nitrogens with one attached hydrogen (secondary N) is 1. The minimum absolute atomic E-state index is 0.324. The van der Waals surface area contributed by atoms with E-state index in [0.29, 0.717) is 16.6 Å². The number of ketones is 1. The zero-order chi connectivity index (χ0) is 16.5. The normalized spacial score (nSPS) is 50.8. The number of rotatable bonds is 2. The predicted molar refractivity (Wildman–Crippen MR) is 96.7 cm³/mol. The summed E-state index contributed by atoms with van der Waals surface area (Å²) in [5.41, 5.74) is 2.41. The van der Waals surface area contributed by atoms with E-state index >= 15 is 0 Å². The second-order valence-corrected chi connectivity index (χ2v) is 10.2. The molecule has 2 heteroatoms. The first-order valence-electron chi connectivity index (χ1n) is 10.5. The van der Waals surface area contributed by atoms with Crippen molar-refractivity contribution in [3.05, 3.63) is 11.6 Å². The summed E-state index contributed by atoms with van der Waals surface area (Å²) in [5.74, 6) is 2.98. The first-order valence-corrected chi connectivity index (χ1v) is 10.5. The molecule has 0 heterocycles. The van der Waals surface area contributed by atoms with Gasteiger partial charge in [-0.15, -0.1) is 0 Å². The van der Waals surface area contributed by atoms with Crippen molar-refractivity contribution in [2.45, 2.75) is 90.1 Å². The van der Waals surface area contributed by atoms with Gasteiger partial charge in [-0.1, -0.05) is 19.4 Å². The first kappa shape index (κ1) is 15.6. The molecule has 5 rings (SSSR count). The molecule has 4 fully saturated rings. The lowest BCUT2D eigenvalue weighted by molar-refractivity contribution is -0.117. The highest BCUT2D eigenvalue weighted by Gasteiger charge is 2.59. The number of fused-ring (bicyclic) bond motifs is 5. The van der Waals surface area contributed by atoms with Gasteiger partial charge < -0.3 is 5.32 Å². The third-order valence-corrected chi connectivity index (χ3v) is 8.82. The second-order valence-electron chi connectivity index (χ2n) is 10.2. The van der Waals surface area contributed by atoms with E-state index in [1.807, 2.05) is 6.08 Å². The van der Waals surface area contributed by atoms with Gasteiger partial charge in [0.15, 0.2) is 5.78 Å². The maximum atomic E-state index is 11.9. The molecular weight excluding hydrogens is 294 g/mol. The van der Waals surface area contributed by atoms with Crippen LogP contribution in [0.2, 0.25) is 0 Å². The van der Waals surface area contributed by atoms with Gasteiger partial charge in [0.1, 0.15) is 0 Å². The summed E-state index contributed by atoms with van der Waals surface area (Å²) in [6.07, 6.45) is 14.9. The Morgan fingerprint density at radius 3 is 2.58 bits per heavy atom. The Morgan fingerprint density at radius 2 is 1.79 bits per heavy atom. The fourth-order valence-corrected chi connectivity index (χ4v) is 7.36. The Bertz CT molecular complexity index is 591. The average Bonchev–Trinajstić information content (AvgIpc) is 3.30. The van der Waals surface area contributed by atoms with Crippen molar-refractivity contribution in [1.82, 2.24) is 5.32 Å². The van der Waals surface area contributed by atoms with Crippen LogP contribution in [0.4, 0.5) is 0 Å². The molecule has 0 radical (unpaired) electrons. The van der Waals surface area contributed by atoms with E-state index in [9.17, 15) is 4.79 Å². The molecule has 5 aliphatic rings. The number of hydrogen-bond acceptors (Lipinski definition) is 2. The van der Waals surface area contributed by atoms with Crippen LogP contribution in [0.15, 0.2) is 11.6 Å². The molecule has 1 unspecified atom stereocenters. The lowest BCUT2D eigenvalue weighted by Crippen LogP contribution is -2.53.